The van der Waals surface area contributed by atoms with Crippen molar-refractivity contribution in [3.63, 3.8) is 0 Å². The van der Waals surface area contributed by atoms with Gasteiger partial charge in [-0.25, -0.2) is 15.0 Å². The second-order valence-electron chi connectivity index (χ2n) is 9.91. The van der Waals surface area contributed by atoms with Crippen molar-refractivity contribution in [2.75, 3.05) is 0 Å². The number of aryl methyl sites for hydroxylation is 2. The maximum atomic E-state index is 6.60. The fraction of sp³-hybridized carbons (Fsp3) is 0.545. The number of pyridine rings is 1. The molecule has 32 heavy (non-hydrogen) atoms. The topological polar surface area (TPSA) is 95.7 Å². The lowest BCUT2D eigenvalue weighted by molar-refractivity contribution is -0.178. The van der Waals surface area contributed by atoms with Crippen LogP contribution in [0.4, 0.5) is 0 Å². The van der Waals surface area contributed by atoms with Gasteiger partial charge in [-0.05, 0) is 45.6 Å². The van der Waals surface area contributed by atoms with Crippen LogP contribution < -0.4 is 0 Å². The zero-order chi connectivity index (χ0) is 22.0. The largest absolute Gasteiger partial charge is 0.357 e. The maximum absolute atomic E-state index is 6.60. The Morgan fingerprint density at radius 1 is 1.22 bits per heavy atom. The van der Waals surface area contributed by atoms with Gasteiger partial charge in [-0.15, -0.1) is 0 Å². The molecule has 2 aliphatic carbocycles. The molecule has 4 aromatic rings. The van der Waals surface area contributed by atoms with Gasteiger partial charge in [0.15, 0.2) is 17.3 Å². The zero-order valence-electron chi connectivity index (χ0n) is 18.3. The van der Waals surface area contributed by atoms with Gasteiger partial charge in [0.1, 0.15) is 29.2 Å². The molecule has 5 heterocycles. The Morgan fingerprint density at radius 2 is 2.06 bits per heavy atom. The van der Waals surface area contributed by atoms with E-state index in [2.05, 4.69) is 14.5 Å². The van der Waals surface area contributed by atoms with Crippen molar-refractivity contribution in [3.05, 3.63) is 35.4 Å². The van der Waals surface area contributed by atoms with E-state index in [4.69, 9.17) is 36.1 Å². The van der Waals surface area contributed by atoms with E-state index >= 15 is 0 Å². The van der Waals surface area contributed by atoms with Gasteiger partial charge in [-0.3, -0.25) is 4.68 Å². The van der Waals surface area contributed by atoms with Crippen molar-refractivity contribution < 1.29 is 9.47 Å². The molecule has 2 saturated carbocycles. The first kappa shape index (κ1) is 19.0. The maximum Gasteiger partial charge on any atom is 0.164 e. The second kappa shape index (κ2) is 5.89. The Bertz CT molecular complexity index is 1400. The first-order valence-corrected chi connectivity index (χ1v) is 11.4. The van der Waals surface area contributed by atoms with Crippen LogP contribution in [-0.4, -0.2) is 52.3 Å². The standard InChI is InChI=1S/C22H24ClN7O2/c1-10-7-11-13(26-10)14-19(27-18(11)23)30(9-24-14)15-12-5-6-22(12,20-25-8-29(4)28-20)17-16(15)31-21(2,3)32-17/h7-9,12,15-17,26H,5-6H2,1-4H3/t12-,15-,16+,17+,22+/m1/s1. The highest BCUT2D eigenvalue weighted by Gasteiger charge is 2.72. The quantitative estimate of drug-likeness (QED) is 0.467. The summed E-state index contributed by atoms with van der Waals surface area (Å²) < 4.78 is 16.9. The zero-order valence-corrected chi connectivity index (χ0v) is 19.1. The second-order valence-corrected chi connectivity index (χ2v) is 10.3. The number of rotatable bonds is 2. The monoisotopic (exact) mass is 453 g/mol. The molecule has 1 N–H and O–H groups in total. The van der Waals surface area contributed by atoms with Crippen LogP contribution in [0.1, 0.15) is 44.2 Å². The van der Waals surface area contributed by atoms with Gasteiger partial charge in [0.2, 0.25) is 0 Å². The molecule has 0 unspecified atom stereocenters. The predicted octanol–water partition coefficient (Wildman–Crippen LogP) is 3.43. The first-order chi connectivity index (χ1) is 15.3. The molecule has 10 heteroatoms. The van der Waals surface area contributed by atoms with E-state index in [1.165, 1.54) is 0 Å². The van der Waals surface area contributed by atoms with Crippen molar-refractivity contribution in [3.8, 4) is 0 Å². The lowest BCUT2D eigenvalue weighted by Gasteiger charge is -2.47. The number of aromatic nitrogens is 7. The van der Waals surface area contributed by atoms with Crippen LogP contribution in [0.15, 0.2) is 18.7 Å². The summed E-state index contributed by atoms with van der Waals surface area (Å²) in [5.41, 5.74) is 3.25. The molecule has 0 radical (unpaired) electrons. The molecule has 7 rings (SSSR count). The van der Waals surface area contributed by atoms with Gasteiger partial charge in [-0.2, -0.15) is 5.10 Å². The molecule has 3 fully saturated rings. The first-order valence-electron chi connectivity index (χ1n) is 11.0. The van der Waals surface area contributed by atoms with Gasteiger partial charge in [0.25, 0.3) is 0 Å². The lowest BCUT2D eigenvalue weighted by atomic mass is 9.59. The fourth-order valence-corrected chi connectivity index (χ4v) is 6.61. The average Bonchev–Trinajstić information content (AvgIpc) is 3.47. The van der Waals surface area contributed by atoms with E-state index in [-0.39, 0.29) is 29.6 Å². The molecule has 5 atom stereocenters. The van der Waals surface area contributed by atoms with Crippen LogP contribution in [0.25, 0.3) is 22.1 Å². The van der Waals surface area contributed by atoms with Crippen molar-refractivity contribution in [1.82, 2.24) is 34.3 Å². The summed E-state index contributed by atoms with van der Waals surface area (Å²) in [6.45, 7) is 5.96. The minimum absolute atomic E-state index is 0.00130. The Labute approximate surface area is 189 Å². The van der Waals surface area contributed by atoms with Crippen LogP contribution in [-0.2, 0) is 21.9 Å². The molecular formula is C22H24ClN7O2. The van der Waals surface area contributed by atoms with Crippen molar-refractivity contribution in [2.45, 2.75) is 63.1 Å². The highest BCUT2D eigenvalue weighted by atomic mass is 35.5. The van der Waals surface area contributed by atoms with Gasteiger partial charge < -0.3 is 19.0 Å². The van der Waals surface area contributed by atoms with E-state index in [1.807, 2.05) is 40.2 Å². The van der Waals surface area contributed by atoms with Gasteiger partial charge >= 0.3 is 0 Å². The number of halogens is 1. The highest BCUT2D eigenvalue weighted by Crippen LogP contribution is 2.66. The molecule has 166 valence electrons. The number of aromatic amines is 1. The lowest BCUT2D eigenvalue weighted by Crippen LogP contribution is -2.51. The molecule has 0 aromatic carbocycles. The molecule has 9 nitrogen and oxygen atoms in total. The van der Waals surface area contributed by atoms with Gasteiger partial charge in [0.05, 0.1) is 23.3 Å². The normalized spacial score (nSPS) is 33.0. The smallest absolute Gasteiger partial charge is 0.164 e. The molecule has 3 aliphatic rings. The molecule has 0 amide bonds. The summed E-state index contributed by atoms with van der Waals surface area (Å²) >= 11 is 6.60. The van der Waals surface area contributed by atoms with Gasteiger partial charge in [0, 0.05) is 18.1 Å². The summed E-state index contributed by atoms with van der Waals surface area (Å²) in [5.74, 6) is 0.421. The minimum Gasteiger partial charge on any atom is -0.357 e. The third-order valence-electron chi connectivity index (χ3n) is 7.64. The summed E-state index contributed by atoms with van der Waals surface area (Å²) in [6, 6.07) is 2.01. The van der Waals surface area contributed by atoms with E-state index < -0.39 is 5.79 Å². The summed E-state index contributed by atoms with van der Waals surface area (Å²) in [5, 5.41) is 6.08. The molecule has 0 spiro atoms. The van der Waals surface area contributed by atoms with E-state index in [0.29, 0.717) is 5.15 Å². The summed E-state index contributed by atoms with van der Waals surface area (Å²) in [7, 11) is 1.90. The van der Waals surface area contributed by atoms with Crippen molar-refractivity contribution in [1.29, 1.82) is 0 Å². The van der Waals surface area contributed by atoms with Crippen LogP contribution in [0.2, 0.25) is 5.15 Å². The molecular weight excluding hydrogens is 430 g/mol. The Kier molecular flexibility index (Phi) is 3.50. The molecule has 0 bridgehead atoms. The minimum atomic E-state index is -0.679. The SMILES string of the molecule is Cc1cc2c(Cl)nc3c(ncn3[C@H]3[C@@H]4OC(C)(C)O[C@@H]4[C@]4(c5ncn(C)n5)CC[C@H]34)c2[nH]1. The third-order valence-corrected chi connectivity index (χ3v) is 7.92. The predicted molar refractivity (Wildman–Crippen MR) is 117 cm³/mol. The number of ether oxygens (including phenoxy) is 2. The molecule has 1 saturated heterocycles. The molecule has 1 aliphatic heterocycles. The fourth-order valence-electron chi connectivity index (χ4n) is 6.38. The van der Waals surface area contributed by atoms with Crippen molar-refractivity contribution >= 4 is 33.7 Å². The summed E-state index contributed by atoms with van der Waals surface area (Å²) in [4.78, 5) is 17.6. The number of nitrogens with one attached hydrogen (secondary N) is 1. The van der Waals surface area contributed by atoms with Crippen LogP contribution in [0.3, 0.4) is 0 Å². The highest BCUT2D eigenvalue weighted by molar-refractivity contribution is 6.35. The van der Waals surface area contributed by atoms with Crippen LogP contribution >= 0.6 is 11.6 Å². The van der Waals surface area contributed by atoms with Crippen LogP contribution in [0, 0.1) is 12.8 Å². The Balaban J connectivity index is 1.44. The van der Waals surface area contributed by atoms with E-state index in [0.717, 1.165) is 46.4 Å². The average molecular weight is 454 g/mol. The van der Waals surface area contributed by atoms with Crippen LogP contribution in [0.5, 0.6) is 0 Å². The Morgan fingerprint density at radius 3 is 2.78 bits per heavy atom. The Hall–Kier alpha value is -2.49. The van der Waals surface area contributed by atoms with E-state index in [9.17, 15) is 0 Å². The third kappa shape index (κ3) is 2.21. The number of hydrogen-bond acceptors (Lipinski definition) is 6. The number of nitrogens with zero attached hydrogens (tertiary/aromatic N) is 6. The number of hydrogen-bond donors (Lipinski definition) is 1. The number of imidazole rings is 1. The molecule has 4 aromatic heterocycles. The van der Waals surface area contributed by atoms with E-state index in [1.54, 1.807) is 11.0 Å². The number of fused-ring (bicyclic) bond motifs is 6. The van der Waals surface area contributed by atoms with Gasteiger partial charge in [-0.1, -0.05) is 11.6 Å². The van der Waals surface area contributed by atoms with Crippen molar-refractivity contribution in [2.24, 2.45) is 13.0 Å². The summed E-state index contributed by atoms with van der Waals surface area (Å²) in [6.07, 6.45) is 5.37. The number of H-pyrrole nitrogens is 1.